The number of benzene rings is 2. The van der Waals surface area contributed by atoms with Gasteiger partial charge in [-0.25, -0.2) is 0 Å². The number of aliphatic hydroxyl groups is 1. The summed E-state index contributed by atoms with van der Waals surface area (Å²) in [4.78, 5) is 0. The lowest BCUT2D eigenvalue weighted by Crippen LogP contribution is -2.03. The minimum absolute atomic E-state index is 0.615. The first kappa shape index (κ1) is 12.1. The summed E-state index contributed by atoms with van der Waals surface area (Å²) in [6.07, 6.45) is -0.615. The Morgan fingerprint density at radius 2 is 1.82 bits per heavy atom. The molecule has 0 amide bonds. The fourth-order valence-corrected chi connectivity index (χ4v) is 2.18. The molecule has 0 spiro atoms. The van der Waals surface area contributed by atoms with Crippen LogP contribution >= 0.6 is 15.9 Å². The molecule has 2 nitrogen and oxygen atoms in total. The molecule has 1 atom stereocenters. The van der Waals surface area contributed by atoms with Crippen LogP contribution in [-0.4, -0.2) is 12.2 Å². The summed E-state index contributed by atoms with van der Waals surface area (Å²) in [6.45, 7) is 0. The van der Waals surface area contributed by atoms with Gasteiger partial charge in [0, 0.05) is 22.8 Å². The molecular weight excluding hydrogens is 278 g/mol. The van der Waals surface area contributed by atoms with Gasteiger partial charge in [-0.15, -0.1) is 0 Å². The van der Waals surface area contributed by atoms with E-state index in [1.54, 1.807) is 0 Å². The number of nitrogens with one attached hydrogen (secondary N) is 1. The summed E-state index contributed by atoms with van der Waals surface area (Å²) >= 11 is 3.43. The first-order valence-corrected chi connectivity index (χ1v) is 6.22. The molecule has 0 radical (unpaired) electrons. The van der Waals surface area contributed by atoms with Gasteiger partial charge >= 0.3 is 0 Å². The van der Waals surface area contributed by atoms with E-state index >= 15 is 0 Å². The molecule has 0 aliphatic rings. The van der Waals surface area contributed by atoms with Crippen LogP contribution in [0.1, 0.15) is 17.2 Å². The van der Waals surface area contributed by atoms with E-state index in [0.717, 1.165) is 21.3 Å². The molecule has 17 heavy (non-hydrogen) atoms. The Kier molecular flexibility index (Phi) is 3.82. The second kappa shape index (κ2) is 5.34. The Labute approximate surface area is 109 Å². The molecule has 2 rings (SSSR count). The van der Waals surface area contributed by atoms with Crippen LogP contribution in [0.5, 0.6) is 0 Å². The zero-order chi connectivity index (χ0) is 12.3. The molecule has 0 aliphatic carbocycles. The zero-order valence-electron chi connectivity index (χ0n) is 9.52. The number of aliphatic hydroxyl groups excluding tert-OH is 1. The van der Waals surface area contributed by atoms with Gasteiger partial charge < -0.3 is 10.4 Å². The molecule has 0 aromatic heterocycles. The summed E-state index contributed by atoms with van der Waals surface area (Å²) in [7, 11) is 1.85. The monoisotopic (exact) mass is 291 g/mol. The smallest absolute Gasteiger partial charge is 0.106 e. The van der Waals surface area contributed by atoms with Crippen molar-refractivity contribution in [3.8, 4) is 0 Å². The summed E-state index contributed by atoms with van der Waals surface area (Å²) < 4.78 is 0.960. The van der Waals surface area contributed by atoms with Crippen LogP contribution < -0.4 is 5.32 Å². The third-order valence-electron chi connectivity index (χ3n) is 2.69. The number of rotatable bonds is 3. The van der Waals surface area contributed by atoms with E-state index in [-0.39, 0.29) is 0 Å². The number of halogens is 1. The van der Waals surface area contributed by atoms with Crippen LogP contribution in [0, 0.1) is 0 Å². The van der Waals surface area contributed by atoms with E-state index in [1.807, 2.05) is 55.6 Å². The normalized spacial score (nSPS) is 12.2. The molecule has 2 aromatic carbocycles. The molecular formula is C14H14BrNO. The van der Waals surface area contributed by atoms with Crippen molar-refractivity contribution >= 4 is 21.6 Å². The van der Waals surface area contributed by atoms with Gasteiger partial charge in [-0.3, -0.25) is 0 Å². The lowest BCUT2D eigenvalue weighted by atomic mass is 10.00. The van der Waals surface area contributed by atoms with E-state index in [4.69, 9.17) is 0 Å². The van der Waals surface area contributed by atoms with Crippen molar-refractivity contribution in [1.29, 1.82) is 0 Å². The fourth-order valence-electron chi connectivity index (χ4n) is 1.80. The highest BCUT2D eigenvalue weighted by Crippen LogP contribution is 2.30. The Morgan fingerprint density at radius 1 is 1.12 bits per heavy atom. The molecule has 0 heterocycles. The topological polar surface area (TPSA) is 32.3 Å². The first-order chi connectivity index (χ1) is 8.22. The number of hydrogen-bond donors (Lipinski definition) is 2. The Bertz CT molecular complexity index is 499. The van der Waals surface area contributed by atoms with Gasteiger partial charge in [0.25, 0.3) is 0 Å². The predicted octanol–water partition coefficient (Wildman–Crippen LogP) is 3.57. The lowest BCUT2D eigenvalue weighted by molar-refractivity contribution is 0.221. The van der Waals surface area contributed by atoms with Crippen molar-refractivity contribution in [3.63, 3.8) is 0 Å². The molecule has 88 valence electrons. The average Bonchev–Trinajstić information content (AvgIpc) is 2.39. The second-order valence-electron chi connectivity index (χ2n) is 3.79. The standard InChI is InChI=1S/C14H14BrNO/c1-16-13-8-7-11(15)9-12(13)14(17)10-5-3-2-4-6-10/h2-9,14,16-17H,1H3/t14-/m0/s1. The van der Waals surface area contributed by atoms with Crippen LogP contribution in [-0.2, 0) is 0 Å². The van der Waals surface area contributed by atoms with Crippen molar-refractivity contribution in [2.45, 2.75) is 6.10 Å². The van der Waals surface area contributed by atoms with Crippen molar-refractivity contribution < 1.29 is 5.11 Å². The molecule has 2 aromatic rings. The van der Waals surface area contributed by atoms with E-state index in [2.05, 4.69) is 21.2 Å². The van der Waals surface area contributed by atoms with Gasteiger partial charge in [0.15, 0.2) is 0 Å². The van der Waals surface area contributed by atoms with Crippen LogP contribution in [0.15, 0.2) is 53.0 Å². The fraction of sp³-hybridized carbons (Fsp3) is 0.143. The largest absolute Gasteiger partial charge is 0.388 e. The minimum Gasteiger partial charge on any atom is -0.388 e. The zero-order valence-corrected chi connectivity index (χ0v) is 11.1. The highest BCUT2D eigenvalue weighted by atomic mass is 79.9. The predicted molar refractivity (Wildman–Crippen MR) is 74.2 cm³/mol. The summed E-state index contributed by atoms with van der Waals surface area (Å²) in [5, 5.41) is 13.5. The second-order valence-corrected chi connectivity index (χ2v) is 4.71. The van der Waals surface area contributed by atoms with Gasteiger partial charge in [0.2, 0.25) is 0 Å². The average molecular weight is 292 g/mol. The Hall–Kier alpha value is -1.32. The highest BCUT2D eigenvalue weighted by Gasteiger charge is 2.14. The molecule has 0 saturated heterocycles. The first-order valence-electron chi connectivity index (χ1n) is 5.42. The van der Waals surface area contributed by atoms with Gasteiger partial charge in [0.05, 0.1) is 0 Å². The Balaban J connectivity index is 2.43. The molecule has 2 N–H and O–H groups in total. The van der Waals surface area contributed by atoms with Gasteiger partial charge in [-0.1, -0.05) is 46.3 Å². The molecule has 0 unspecified atom stereocenters. The van der Waals surface area contributed by atoms with Crippen molar-refractivity contribution in [2.24, 2.45) is 0 Å². The maximum Gasteiger partial charge on any atom is 0.106 e. The van der Waals surface area contributed by atoms with Gasteiger partial charge in [-0.05, 0) is 23.8 Å². The third kappa shape index (κ3) is 2.68. The van der Waals surface area contributed by atoms with E-state index in [0.29, 0.717) is 0 Å². The SMILES string of the molecule is CNc1ccc(Br)cc1[C@@H](O)c1ccccc1. The van der Waals surface area contributed by atoms with Crippen LogP contribution in [0.2, 0.25) is 0 Å². The van der Waals surface area contributed by atoms with Crippen LogP contribution in [0.4, 0.5) is 5.69 Å². The van der Waals surface area contributed by atoms with Crippen LogP contribution in [0.25, 0.3) is 0 Å². The molecule has 0 bridgehead atoms. The molecule has 0 aliphatic heterocycles. The van der Waals surface area contributed by atoms with Crippen molar-refractivity contribution in [3.05, 3.63) is 64.1 Å². The van der Waals surface area contributed by atoms with Crippen LogP contribution in [0.3, 0.4) is 0 Å². The van der Waals surface area contributed by atoms with Gasteiger partial charge in [0.1, 0.15) is 6.10 Å². The highest BCUT2D eigenvalue weighted by molar-refractivity contribution is 9.10. The van der Waals surface area contributed by atoms with E-state index in [1.165, 1.54) is 0 Å². The van der Waals surface area contributed by atoms with E-state index in [9.17, 15) is 5.11 Å². The summed E-state index contributed by atoms with van der Waals surface area (Å²) in [6, 6.07) is 15.5. The minimum atomic E-state index is -0.615. The van der Waals surface area contributed by atoms with Gasteiger partial charge in [-0.2, -0.15) is 0 Å². The summed E-state index contributed by atoms with van der Waals surface area (Å²) in [5.41, 5.74) is 2.69. The van der Waals surface area contributed by atoms with Crippen molar-refractivity contribution in [2.75, 3.05) is 12.4 Å². The Morgan fingerprint density at radius 3 is 2.47 bits per heavy atom. The quantitative estimate of drug-likeness (QED) is 0.906. The maximum absolute atomic E-state index is 10.4. The number of hydrogen-bond acceptors (Lipinski definition) is 2. The molecule has 0 saturated carbocycles. The molecule has 0 fully saturated rings. The number of anilines is 1. The summed E-state index contributed by atoms with van der Waals surface area (Å²) in [5.74, 6) is 0. The maximum atomic E-state index is 10.4. The third-order valence-corrected chi connectivity index (χ3v) is 3.19. The van der Waals surface area contributed by atoms with E-state index < -0.39 is 6.10 Å². The lowest BCUT2D eigenvalue weighted by Gasteiger charge is -2.16. The van der Waals surface area contributed by atoms with Crippen molar-refractivity contribution in [1.82, 2.24) is 0 Å². The molecule has 3 heteroatoms.